The van der Waals surface area contributed by atoms with Gasteiger partial charge in [-0.15, -0.1) is 0 Å². The second kappa shape index (κ2) is 8.12. The molecule has 2 fully saturated rings. The van der Waals surface area contributed by atoms with Gasteiger partial charge >= 0.3 is 9.28 Å². The molecule has 3 heteroatoms. The van der Waals surface area contributed by atoms with Gasteiger partial charge in [-0.2, -0.15) is 0 Å². The molecule has 0 amide bonds. The monoisotopic (exact) mass is 312 g/mol. The Bertz CT molecular complexity index is 304. The molecule has 4 atom stereocenters. The Kier molecular flexibility index (Phi) is 6.76. The second-order valence-electron chi connectivity index (χ2n) is 7.58. The van der Waals surface area contributed by atoms with E-state index in [9.17, 15) is 0 Å². The van der Waals surface area contributed by atoms with E-state index in [2.05, 4.69) is 27.7 Å². The zero-order chi connectivity index (χ0) is 15.3. The zero-order valence-electron chi connectivity index (χ0n) is 14.7. The standard InChI is InChI=1S/C18H36O2Si/c1-5-8-11-18(4,14-21(19-6-2)20-7-3)17-13-15-9-10-16(17)12-15/h15-17,21H,5-14H2,1-4H3. The van der Waals surface area contributed by atoms with Crippen molar-refractivity contribution in [3.8, 4) is 0 Å². The van der Waals surface area contributed by atoms with Gasteiger partial charge in [0.2, 0.25) is 0 Å². The van der Waals surface area contributed by atoms with Crippen LogP contribution >= 0.6 is 0 Å². The summed E-state index contributed by atoms with van der Waals surface area (Å²) in [5.41, 5.74) is 0.469. The van der Waals surface area contributed by atoms with E-state index in [0.717, 1.165) is 31.0 Å². The molecule has 0 spiro atoms. The first-order chi connectivity index (χ1) is 10.1. The summed E-state index contributed by atoms with van der Waals surface area (Å²) >= 11 is 0. The Balaban J connectivity index is 2.04. The van der Waals surface area contributed by atoms with Gasteiger partial charge in [0, 0.05) is 13.2 Å². The first-order valence-corrected chi connectivity index (χ1v) is 11.1. The molecule has 2 aliphatic carbocycles. The summed E-state index contributed by atoms with van der Waals surface area (Å²) in [4.78, 5) is 0. The predicted octanol–water partition coefficient (Wildman–Crippen LogP) is 4.91. The molecule has 2 saturated carbocycles. The van der Waals surface area contributed by atoms with Crippen molar-refractivity contribution in [2.45, 2.75) is 78.7 Å². The van der Waals surface area contributed by atoms with Crippen molar-refractivity contribution in [3.63, 3.8) is 0 Å². The van der Waals surface area contributed by atoms with Crippen molar-refractivity contribution in [3.05, 3.63) is 0 Å². The SMILES string of the molecule is CCCCC(C)(C[SiH](OCC)OCC)C1CC2CCC1C2. The molecule has 0 radical (unpaired) electrons. The number of rotatable bonds is 10. The minimum Gasteiger partial charge on any atom is -0.397 e. The Morgan fingerprint density at radius 1 is 1.05 bits per heavy atom. The van der Waals surface area contributed by atoms with E-state index >= 15 is 0 Å². The van der Waals surface area contributed by atoms with Crippen LogP contribution in [0.1, 0.15) is 72.6 Å². The lowest BCUT2D eigenvalue weighted by Gasteiger charge is -2.42. The maximum Gasteiger partial charge on any atom is 0.321 e. The van der Waals surface area contributed by atoms with E-state index in [4.69, 9.17) is 8.85 Å². The number of hydrogen-bond donors (Lipinski definition) is 0. The molecule has 2 bridgehead atoms. The zero-order valence-corrected chi connectivity index (χ0v) is 15.9. The van der Waals surface area contributed by atoms with Gasteiger partial charge in [0.05, 0.1) is 0 Å². The summed E-state index contributed by atoms with van der Waals surface area (Å²) in [5, 5.41) is 0. The van der Waals surface area contributed by atoms with Crippen LogP contribution in [0.3, 0.4) is 0 Å². The van der Waals surface area contributed by atoms with Gasteiger partial charge in [0.15, 0.2) is 0 Å². The molecule has 4 unspecified atom stereocenters. The van der Waals surface area contributed by atoms with E-state index in [1.165, 1.54) is 51.0 Å². The van der Waals surface area contributed by atoms with Crippen LogP contribution in [0.4, 0.5) is 0 Å². The Morgan fingerprint density at radius 2 is 1.76 bits per heavy atom. The third-order valence-corrected chi connectivity index (χ3v) is 8.75. The molecule has 0 aromatic heterocycles. The minimum atomic E-state index is -1.48. The molecule has 0 aliphatic heterocycles. The maximum absolute atomic E-state index is 6.01. The summed E-state index contributed by atoms with van der Waals surface area (Å²) in [6.45, 7) is 10.7. The second-order valence-corrected chi connectivity index (χ2v) is 9.52. The number of unbranched alkanes of at least 4 members (excludes halogenated alkanes) is 1. The maximum atomic E-state index is 6.01. The normalized spacial score (nSPS) is 31.0. The molecule has 2 aliphatic rings. The number of hydrogen-bond acceptors (Lipinski definition) is 2. The van der Waals surface area contributed by atoms with Crippen LogP contribution in [0, 0.1) is 23.2 Å². The largest absolute Gasteiger partial charge is 0.397 e. The smallest absolute Gasteiger partial charge is 0.321 e. The van der Waals surface area contributed by atoms with Gasteiger partial charge in [0.1, 0.15) is 0 Å². The lowest BCUT2D eigenvalue weighted by atomic mass is 9.68. The molecule has 0 saturated heterocycles. The third-order valence-electron chi connectivity index (χ3n) is 6.07. The van der Waals surface area contributed by atoms with Crippen LogP contribution in [0.25, 0.3) is 0 Å². The van der Waals surface area contributed by atoms with Crippen molar-refractivity contribution >= 4 is 9.28 Å². The van der Waals surface area contributed by atoms with Crippen LogP contribution in [0.15, 0.2) is 0 Å². The van der Waals surface area contributed by atoms with Crippen LogP contribution < -0.4 is 0 Å². The highest BCUT2D eigenvalue weighted by Crippen LogP contribution is 2.57. The Morgan fingerprint density at radius 3 is 2.24 bits per heavy atom. The summed E-state index contributed by atoms with van der Waals surface area (Å²) < 4.78 is 12.0. The third kappa shape index (κ3) is 4.32. The van der Waals surface area contributed by atoms with Crippen molar-refractivity contribution in [1.29, 1.82) is 0 Å². The lowest BCUT2D eigenvalue weighted by Crippen LogP contribution is -2.38. The molecule has 124 valence electrons. The minimum absolute atomic E-state index is 0.469. The summed E-state index contributed by atoms with van der Waals surface area (Å²) in [6, 6.07) is 1.22. The van der Waals surface area contributed by atoms with E-state index in [-0.39, 0.29) is 0 Å². The van der Waals surface area contributed by atoms with Gasteiger partial charge in [-0.3, -0.25) is 0 Å². The van der Waals surface area contributed by atoms with Gasteiger partial charge in [-0.25, -0.2) is 0 Å². The molecule has 21 heavy (non-hydrogen) atoms. The average molecular weight is 313 g/mol. The van der Waals surface area contributed by atoms with Crippen molar-refractivity contribution in [2.24, 2.45) is 23.2 Å². The van der Waals surface area contributed by atoms with Crippen molar-refractivity contribution < 1.29 is 8.85 Å². The molecular weight excluding hydrogens is 276 g/mol. The van der Waals surface area contributed by atoms with E-state index < -0.39 is 9.28 Å². The van der Waals surface area contributed by atoms with Gasteiger partial charge in [0.25, 0.3) is 0 Å². The molecular formula is C18H36O2Si. The van der Waals surface area contributed by atoms with Crippen molar-refractivity contribution in [2.75, 3.05) is 13.2 Å². The van der Waals surface area contributed by atoms with Crippen molar-refractivity contribution in [1.82, 2.24) is 0 Å². The fourth-order valence-corrected chi connectivity index (χ4v) is 7.38. The van der Waals surface area contributed by atoms with E-state index in [1.54, 1.807) is 0 Å². The molecule has 2 nitrogen and oxygen atoms in total. The highest BCUT2D eigenvalue weighted by atomic mass is 28.3. The molecule has 0 aromatic carbocycles. The summed E-state index contributed by atoms with van der Waals surface area (Å²) in [6.07, 6.45) is 10.1. The Hall–Kier alpha value is 0.137. The van der Waals surface area contributed by atoms with E-state index in [0.29, 0.717) is 5.41 Å². The fraction of sp³-hybridized carbons (Fsp3) is 1.00. The topological polar surface area (TPSA) is 18.5 Å². The molecule has 0 aromatic rings. The average Bonchev–Trinajstić information content (AvgIpc) is 3.08. The molecule has 0 heterocycles. The molecule has 2 rings (SSSR count). The summed E-state index contributed by atoms with van der Waals surface area (Å²) in [7, 11) is -1.48. The van der Waals surface area contributed by atoms with Gasteiger partial charge in [-0.05, 0) is 68.7 Å². The highest BCUT2D eigenvalue weighted by molar-refractivity contribution is 6.44. The van der Waals surface area contributed by atoms with Gasteiger partial charge in [-0.1, -0.05) is 33.1 Å². The Labute approximate surface area is 133 Å². The quantitative estimate of drug-likeness (QED) is 0.533. The predicted molar refractivity (Wildman–Crippen MR) is 91.8 cm³/mol. The van der Waals surface area contributed by atoms with Crippen LogP contribution in [-0.4, -0.2) is 22.5 Å². The molecule has 0 N–H and O–H groups in total. The summed E-state index contributed by atoms with van der Waals surface area (Å²) in [5.74, 6) is 2.99. The fourth-order valence-electron chi connectivity index (χ4n) is 5.04. The van der Waals surface area contributed by atoms with Crippen LogP contribution in [0.5, 0.6) is 0 Å². The van der Waals surface area contributed by atoms with Crippen LogP contribution in [-0.2, 0) is 8.85 Å². The van der Waals surface area contributed by atoms with E-state index in [1.807, 2.05) is 0 Å². The van der Waals surface area contributed by atoms with Crippen LogP contribution in [0.2, 0.25) is 6.04 Å². The lowest BCUT2D eigenvalue weighted by molar-refractivity contribution is 0.107. The van der Waals surface area contributed by atoms with Gasteiger partial charge < -0.3 is 8.85 Å². The first-order valence-electron chi connectivity index (χ1n) is 9.36. The highest BCUT2D eigenvalue weighted by Gasteiger charge is 2.48. The first kappa shape index (κ1) is 17.5. The number of fused-ring (bicyclic) bond motifs is 2.